The van der Waals surface area contributed by atoms with Crippen LogP contribution in [-0.2, 0) is 4.74 Å². The molecule has 0 atom stereocenters. The number of piperidine rings is 1. The van der Waals surface area contributed by atoms with Gasteiger partial charge < -0.3 is 14.5 Å². The van der Waals surface area contributed by atoms with Crippen LogP contribution in [0.3, 0.4) is 0 Å². The van der Waals surface area contributed by atoms with Crippen LogP contribution in [0.4, 0.5) is 9.18 Å². The summed E-state index contributed by atoms with van der Waals surface area (Å²) in [4.78, 5) is 31.2. The van der Waals surface area contributed by atoms with E-state index in [4.69, 9.17) is 4.74 Å². The monoisotopic (exact) mass is 351 g/mol. The predicted octanol–water partition coefficient (Wildman–Crippen LogP) is 2.94. The first-order valence-electron chi connectivity index (χ1n) is 8.50. The maximum absolute atomic E-state index is 13.2. The molecule has 0 aliphatic carbocycles. The van der Waals surface area contributed by atoms with Crippen LogP contribution in [0.25, 0.3) is 0 Å². The van der Waals surface area contributed by atoms with Gasteiger partial charge in [0.15, 0.2) is 0 Å². The fourth-order valence-corrected chi connectivity index (χ4v) is 2.84. The number of ether oxygens (including phenoxy) is 1. The topological polar surface area (TPSA) is 62.7 Å². The zero-order valence-corrected chi connectivity index (χ0v) is 15.3. The third-order valence-corrected chi connectivity index (χ3v) is 4.11. The van der Waals surface area contributed by atoms with Gasteiger partial charge >= 0.3 is 6.09 Å². The zero-order valence-electron chi connectivity index (χ0n) is 15.3. The number of hydrogen-bond donors (Lipinski definition) is 0. The van der Waals surface area contributed by atoms with Crippen molar-refractivity contribution in [1.82, 2.24) is 14.8 Å². The average molecular weight is 351 g/mol. The van der Waals surface area contributed by atoms with Gasteiger partial charge in [-0.3, -0.25) is 4.79 Å². The molecule has 1 aromatic heterocycles. The van der Waals surface area contributed by atoms with Crippen molar-refractivity contribution in [3.8, 4) is 0 Å². The first-order valence-corrected chi connectivity index (χ1v) is 8.50. The number of likely N-dealkylation sites (tertiary alicyclic amines) is 1. The highest BCUT2D eigenvalue weighted by Gasteiger charge is 2.27. The molecule has 0 bridgehead atoms. The molecule has 1 fully saturated rings. The molecule has 138 valence electrons. The van der Waals surface area contributed by atoms with Gasteiger partial charge in [0.1, 0.15) is 5.60 Å². The van der Waals surface area contributed by atoms with Gasteiger partial charge in [-0.1, -0.05) is 0 Å². The van der Waals surface area contributed by atoms with Gasteiger partial charge in [-0.25, -0.2) is 9.78 Å². The Morgan fingerprint density at radius 3 is 2.56 bits per heavy atom. The van der Waals surface area contributed by atoms with Crippen LogP contribution in [0.5, 0.6) is 0 Å². The standard InChI is InChI=1S/C18H26FN3O3/c1-18(2,3)25-17(24)21(4)12-13-6-9-22(10-7-13)16(23)14-5-8-20-15(19)11-14/h5,8,11,13H,6-7,9-10,12H2,1-4H3. The van der Waals surface area contributed by atoms with Crippen molar-refractivity contribution in [2.24, 2.45) is 5.92 Å². The summed E-state index contributed by atoms with van der Waals surface area (Å²) >= 11 is 0. The van der Waals surface area contributed by atoms with E-state index in [1.54, 1.807) is 16.8 Å². The van der Waals surface area contributed by atoms with E-state index in [9.17, 15) is 14.0 Å². The molecular weight excluding hydrogens is 325 g/mol. The van der Waals surface area contributed by atoms with Crippen molar-refractivity contribution in [2.45, 2.75) is 39.2 Å². The van der Waals surface area contributed by atoms with Gasteiger partial charge in [-0.15, -0.1) is 0 Å². The molecule has 2 rings (SSSR count). The molecule has 0 radical (unpaired) electrons. The highest BCUT2D eigenvalue weighted by molar-refractivity contribution is 5.94. The number of amides is 2. The van der Waals surface area contributed by atoms with Crippen LogP contribution in [0, 0.1) is 11.9 Å². The lowest BCUT2D eigenvalue weighted by Crippen LogP contribution is -2.43. The lowest BCUT2D eigenvalue weighted by Gasteiger charge is -2.34. The third kappa shape index (κ3) is 5.69. The molecule has 1 saturated heterocycles. The number of aromatic nitrogens is 1. The first kappa shape index (κ1) is 19.1. The number of nitrogens with zero attached hydrogens (tertiary/aromatic N) is 3. The highest BCUT2D eigenvalue weighted by atomic mass is 19.1. The van der Waals surface area contributed by atoms with Gasteiger partial charge in [0.25, 0.3) is 5.91 Å². The molecule has 1 aliphatic rings. The maximum atomic E-state index is 13.2. The number of carbonyl (C=O) groups excluding carboxylic acids is 2. The average Bonchev–Trinajstić information content (AvgIpc) is 2.53. The van der Waals surface area contributed by atoms with Crippen LogP contribution in [-0.4, -0.2) is 59.1 Å². The Morgan fingerprint density at radius 2 is 2.00 bits per heavy atom. The van der Waals surface area contributed by atoms with Gasteiger partial charge in [0.05, 0.1) is 0 Å². The molecule has 1 aliphatic heterocycles. The fourth-order valence-electron chi connectivity index (χ4n) is 2.84. The van der Waals surface area contributed by atoms with Crippen molar-refractivity contribution in [1.29, 1.82) is 0 Å². The van der Waals surface area contributed by atoms with Gasteiger partial charge in [0, 0.05) is 44.5 Å². The van der Waals surface area contributed by atoms with E-state index < -0.39 is 11.5 Å². The van der Waals surface area contributed by atoms with E-state index in [-0.39, 0.29) is 12.0 Å². The number of hydrogen-bond acceptors (Lipinski definition) is 4. The minimum Gasteiger partial charge on any atom is -0.444 e. The van der Waals surface area contributed by atoms with Crippen molar-refractivity contribution >= 4 is 12.0 Å². The lowest BCUT2D eigenvalue weighted by atomic mass is 9.96. The largest absolute Gasteiger partial charge is 0.444 e. The van der Waals surface area contributed by atoms with Crippen LogP contribution < -0.4 is 0 Å². The number of halogens is 1. The van der Waals surface area contributed by atoms with Crippen LogP contribution in [0.2, 0.25) is 0 Å². The summed E-state index contributed by atoms with van der Waals surface area (Å²) in [5, 5.41) is 0. The second-order valence-corrected chi connectivity index (χ2v) is 7.46. The van der Waals surface area contributed by atoms with Gasteiger partial charge in [-0.05, 0) is 45.6 Å². The maximum Gasteiger partial charge on any atom is 0.410 e. The Morgan fingerprint density at radius 1 is 1.36 bits per heavy atom. The predicted molar refractivity (Wildman–Crippen MR) is 91.7 cm³/mol. The third-order valence-electron chi connectivity index (χ3n) is 4.11. The lowest BCUT2D eigenvalue weighted by molar-refractivity contribution is 0.0246. The normalized spacial score (nSPS) is 15.8. The number of rotatable bonds is 3. The summed E-state index contributed by atoms with van der Waals surface area (Å²) in [6, 6.07) is 2.68. The molecule has 0 unspecified atom stereocenters. The van der Waals surface area contributed by atoms with E-state index in [0.29, 0.717) is 31.1 Å². The molecule has 2 amide bonds. The fraction of sp³-hybridized carbons (Fsp3) is 0.611. The zero-order chi connectivity index (χ0) is 18.6. The molecule has 25 heavy (non-hydrogen) atoms. The van der Waals surface area contributed by atoms with Crippen molar-refractivity contribution in [3.05, 3.63) is 29.8 Å². The molecule has 0 N–H and O–H groups in total. The Labute approximate surface area is 148 Å². The Balaban J connectivity index is 1.83. The summed E-state index contributed by atoms with van der Waals surface area (Å²) in [7, 11) is 1.73. The van der Waals surface area contributed by atoms with E-state index in [0.717, 1.165) is 18.9 Å². The molecule has 0 saturated carbocycles. The molecule has 7 heteroatoms. The smallest absolute Gasteiger partial charge is 0.410 e. The number of pyridine rings is 1. The highest BCUT2D eigenvalue weighted by Crippen LogP contribution is 2.21. The molecule has 6 nitrogen and oxygen atoms in total. The Kier molecular flexibility index (Phi) is 5.98. The minimum absolute atomic E-state index is 0.180. The SMILES string of the molecule is CN(CC1CCN(C(=O)c2ccnc(F)c2)CC1)C(=O)OC(C)(C)C. The van der Waals surface area contributed by atoms with Crippen molar-refractivity contribution in [2.75, 3.05) is 26.7 Å². The van der Waals surface area contributed by atoms with Gasteiger partial charge in [0.2, 0.25) is 5.95 Å². The van der Waals surface area contributed by atoms with Gasteiger partial charge in [-0.2, -0.15) is 4.39 Å². The summed E-state index contributed by atoms with van der Waals surface area (Å²) in [6.07, 6.45) is 2.56. The summed E-state index contributed by atoms with van der Waals surface area (Å²) in [5.41, 5.74) is -0.196. The minimum atomic E-state index is -0.653. The quantitative estimate of drug-likeness (QED) is 0.786. The summed E-state index contributed by atoms with van der Waals surface area (Å²) in [5.74, 6) is -0.518. The Bertz CT molecular complexity index is 622. The van der Waals surface area contributed by atoms with E-state index in [1.165, 1.54) is 12.3 Å². The van der Waals surface area contributed by atoms with Crippen LogP contribution >= 0.6 is 0 Å². The molecular formula is C18H26FN3O3. The van der Waals surface area contributed by atoms with E-state index in [2.05, 4.69) is 4.98 Å². The molecule has 1 aromatic rings. The van der Waals surface area contributed by atoms with E-state index in [1.807, 2.05) is 20.8 Å². The summed E-state index contributed by atoms with van der Waals surface area (Å²) < 4.78 is 18.5. The first-order chi connectivity index (χ1) is 11.7. The second kappa shape index (κ2) is 7.80. The summed E-state index contributed by atoms with van der Waals surface area (Å²) in [6.45, 7) is 7.30. The van der Waals surface area contributed by atoms with Crippen molar-refractivity contribution in [3.63, 3.8) is 0 Å². The van der Waals surface area contributed by atoms with Crippen LogP contribution in [0.15, 0.2) is 18.3 Å². The second-order valence-electron chi connectivity index (χ2n) is 7.46. The Hall–Kier alpha value is -2.18. The van der Waals surface area contributed by atoms with Crippen LogP contribution in [0.1, 0.15) is 44.0 Å². The molecule has 0 aromatic carbocycles. The van der Waals surface area contributed by atoms with E-state index >= 15 is 0 Å². The molecule has 0 spiro atoms. The molecule has 2 heterocycles. The van der Waals surface area contributed by atoms with Crippen molar-refractivity contribution < 1.29 is 18.7 Å². The number of carbonyl (C=O) groups is 2.